The van der Waals surface area contributed by atoms with Gasteiger partial charge < -0.3 is 5.11 Å². The summed E-state index contributed by atoms with van der Waals surface area (Å²) in [7, 11) is 0. The second-order valence-electron chi connectivity index (χ2n) is 2.42. The maximum Gasteiger partial charge on any atom is 0.330 e. The van der Waals surface area contributed by atoms with Gasteiger partial charge in [0, 0.05) is 16.9 Å². The Bertz CT molecular complexity index is 200. The standard InChI is InChI=1S/C7H11NO4/c1-6(7(9)10)4-2-3-5-8(11)12/h1-5H2,(H,9,10). The largest absolute Gasteiger partial charge is 0.478 e. The first-order valence-electron chi connectivity index (χ1n) is 3.57. The lowest BCUT2D eigenvalue weighted by Crippen LogP contribution is -2.02. The van der Waals surface area contributed by atoms with Gasteiger partial charge in [-0.25, -0.2) is 4.79 Å². The molecule has 0 saturated carbocycles. The average molecular weight is 173 g/mol. The van der Waals surface area contributed by atoms with Crippen LogP contribution < -0.4 is 0 Å². The van der Waals surface area contributed by atoms with Gasteiger partial charge in [0.25, 0.3) is 0 Å². The molecule has 0 aromatic heterocycles. The van der Waals surface area contributed by atoms with E-state index in [0.29, 0.717) is 19.3 Å². The second-order valence-corrected chi connectivity index (χ2v) is 2.42. The molecule has 0 amide bonds. The van der Waals surface area contributed by atoms with E-state index >= 15 is 0 Å². The Morgan fingerprint density at radius 1 is 1.50 bits per heavy atom. The summed E-state index contributed by atoms with van der Waals surface area (Å²) < 4.78 is 0. The minimum absolute atomic E-state index is 0.104. The van der Waals surface area contributed by atoms with Crippen LogP contribution in [0, 0.1) is 10.1 Å². The molecular weight excluding hydrogens is 162 g/mol. The summed E-state index contributed by atoms with van der Waals surface area (Å²) >= 11 is 0. The number of hydrogen-bond donors (Lipinski definition) is 1. The van der Waals surface area contributed by atoms with Crippen LogP contribution in [0.4, 0.5) is 0 Å². The lowest BCUT2D eigenvalue weighted by atomic mass is 10.1. The van der Waals surface area contributed by atoms with Gasteiger partial charge in [0.2, 0.25) is 6.54 Å². The molecule has 0 radical (unpaired) electrons. The molecule has 0 fully saturated rings. The molecule has 0 aliphatic rings. The number of carbonyl (C=O) groups is 1. The Balaban J connectivity index is 3.38. The summed E-state index contributed by atoms with van der Waals surface area (Å²) in [5.41, 5.74) is 0.110. The quantitative estimate of drug-likeness (QED) is 0.282. The van der Waals surface area contributed by atoms with Crippen molar-refractivity contribution in [1.29, 1.82) is 0 Å². The van der Waals surface area contributed by atoms with Gasteiger partial charge in [-0.1, -0.05) is 6.58 Å². The Kier molecular flexibility index (Phi) is 4.67. The molecule has 0 heterocycles. The van der Waals surface area contributed by atoms with Gasteiger partial charge in [0.15, 0.2) is 0 Å². The second kappa shape index (κ2) is 5.29. The van der Waals surface area contributed by atoms with Crippen molar-refractivity contribution >= 4 is 5.97 Å². The maximum atomic E-state index is 10.2. The first-order valence-corrected chi connectivity index (χ1v) is 3.57. The number of aliphatic carboxylic acids is 1. The number of rotatable bonds is 6. The van der Waals surface area contributed by atoms with E-state index in [1.165, 1.54) is 0 Å². The van der Waals surface area contributed by atoms with E-state index in [2.05, 4.69) is 6.58 Å². The monoisotopic (exact) mass is 173 g/mol. The minimum Gasteiger partial charge on any atom is -0.478 e. The summed E-state index contributed by atoms with van der Waals surface area (Å²) in [6.45, 7) is 3.20. The van der Waals surface area contributed by atoms with Gasteiger partial charge in [0.05, 0.1) is 0 Å². The molecule has 0 aliphatic heterocycles. The molecule has 0 aromatic rings. The molecule has 0 rings (SSSR count). The van der Waals surface area contributed by atoms with Crippen LogP contribution >= 0.6 is 0 Å². The molecular formula is C7H11NO4. The molecule has 12 heavy (non-hydrogen) atoms. The van der Waals surface area contributed by atoms with Crippen LogP contribution in [0.5, 0.6) is 0 Å². The molecule has 5 heteroatoms. The highest BCUT2D eigenvalue weighted by Crippen LogP contribution is 2.04. The number of nitro groups is 1. The van der Waals surface area contributed by atoms with Crippen molar-refractivity contribution in [3.63, 3.8) is 0 Å². The summed E-state index contributed by atoms with van der Waals surface area (Å²) in [6, 6.07) is 0. The minimum atomic E-state index is -1.03. The Labute approximate surface area is 69.8 Å². The van der Waals surface area contributed by atoms with Crippen LogP contribution in [0.15, 0.2) is 12.2 Å². The predicted molar refractivity (Wildman–Crippen MR) is 42.5 cm³/mol. The Morgan fingerprint density at radius 2 is 2.08 bits per heavy atom. The van der Waals surface area contributed by atoms with Gasteiger partial charge in [-0.15, -0.1) is 0 Å². The van der Waals surface area contributed by atoms with Gasteiger partial charge in [0.1, 0.15) is 0 Å². The molecule has 1 N–H and O–H groups in total. The summed E-state index contributed by atoms with van der Waals surface area (Å²) in [6.07, 6.45) is 1.23. The highest BCUT2D eigenvalue weighted by atomic mass is 16.6. The lowest BCUT2D eigenvalue weighted by molar-refractivity contribution is -0.480. The highest BCUT2D eigenvalue weighted by molar-refractivity contribution is 5.85. The Hall–Kier alpha value is -1.39. The smallest absolute Gasteiger partial charge is 0.330 e. The molecule has 0 aromatic carbocycles. The van der Waals surface area contributed by atoms with Crippen LogP contribution in [0.1, 0.15) is 19.3 Å². The summed E-state index contributed by atoms with van der Waals surface area (Å²) in [4.78, 5) is 19.6. The lowest BCUT2D eigenvalue weighted by Gasteiger charge is -1.97. The van der Waals surface area contributed by atoms with Crippen LogP contribution in [0.25, 0.3) is 0 Å². The van der Waals surface area contributed by atoms with Gasteiger partial charge in [-0.05, 0) is 12.8 Å². The van der Waals surface area contributed by atoms with Crippen molar-refractivity contribution in [2.24, 2.45) is 0 Å². The van der Waals surface area contributed by atoms with E-state index in [1.54, 1.807) is 0 Å². The predicted octanol–water partition coefficient (Wildman–Crippen LogP) is 1.07. The van der Waals surface area contributed by atoms with Gasteiger partial charge in [-0.3, -0.25) is 10.1 Å². The normalized spacial score (nSPS) is 9.33. The van der Waals surface area contributed by atoms with E-state index in [-0.39, 0.29) is 12.1 Å². The zero-order valence-corrected chi connectivity index (χ0v) is 6.65. The van der Waals surface area contributed by atoms with E-state index in [4.69, 9.17) is 5.11 Å². The zero-order chi connectivity index (χ0) is 9.56. The topological polar surface area (TPSA) is 80.4 Å². The third-order valence-electron chi connectivity index (χ3n) is 1.37. The van der Waals surface area contributed by atoms with Crippen molar-refractivity contribution in [3.8, 4) is 0 Å². The van der Waals surface area contributed by atoms with Gasteiger partial charge >= 0.3 is 5.97 Å². The molecule has 0 saturated heterocycles. The summed E-state index contributed by atoms with van der Waals surface area (Å²) in [5.74, 6) is -1.03. The summed E-state index contributed by atoms with van der Waals surface area (Å²) in [5, 5.41) is 18.2. The number of carboxylic acids is 1. The van der Waals surface area contributed by atoms with Crippen molar-refractivity contribution in [3.05, 3.63) is 22.3 Å². The van der Waals surface area contributed by atoms with Gasteiger partial charge in [-0.2, -0.15) is 0 Å². The van der Waals surface area contributed by atoms with Crippen LogP contribution in [-0.4, -0.2) is 22.5 Å². The number of hydrogen-bond acceptors (Lipinski definition) is 3. The zero-order valence-electron chi connectivity index (χ0n) is 6.65. The SMILES string of the molecule is C=C(CCCC[N+](=O)[O-])C(=O)O. The van der Waals surface area contributed by atoms with Crippen molar-refractivity contribution < 1.29 is 14.8 Å². The number of unbranched alkanes of at least 4 members (excludes halogenated alkanes) is 1. The fourth-order valence-electron chi connectivity index (χ4n) is 0.686. The number of nitrogens with zero attached hydrogens (tertiary/aromatic N) is 1. The Morgan fingerprint density at radius 3 is 2.50 bits per heavy atom. The molecule has 68 valence electrons. The number of carboxylic acid groups (broad SMARTS) is 1. The molecule has 0 aliphatic carbocycles. The highest BCUT2D eigenvalue weighted by Gasteiger charge is 2.04. The maximum absolute atomic E-state index is 10.2. The molecule has 0 atom stereocenters. The van der Waals surface area contributed by atoms with E-state index in [9.17, 15) is 14.9 Å². The first-order chi connectivity index (χ1) is 5.54. The van der Waals surface area contributed by atoms with Crippen molar-refractivity contribution in [2.45, 2.75) is 19.3 Å². The van der Waals surface area contributed by atoms with Crippen molar-refractivity contribution in [2.75, 3.05) is 6.54 Å². The molecule has 0 bridgehead atoms. The third-order valence-corrected chi connectivity index (χ3v) is 1.37. The third kappa shape index (κ3) is 5.40. The van der Waals surface area contributed by atoms with Crippen LogP contribution in [0.2, 0.25) is 0 Å². The van der Waals surface area contributed by atoms with Crippen LogP contribution in [0.3, 0.4) is 0 Å². The van der Waals surface area contributed by atoms with E-state index < -0.39 is 10.9 Å². The van der Waals surface area contributed by atoms with Crippen molar-refractivity contribution in [1.82, 2.24) is 0 Å². The fourth-order valence-corrected chi connectivity index (χ4v) is 0.686. The first kappa shape index (κ1) is 10.6. The molecule has 0 spiro atoms. The average Bonchev–Trinajstić information content (AvgIpc) is 1.97. The van der Waals surface area contributed by atoms with E-state index in [0.717, 1.165) is 0 Å². The fraction of sp³-hybridized carbons (Fsp3) is 0.571. The van der Waals surface area contributed by atoms with Crippen LogP contribution in [-0.2, 0) is 4.79 Å². The molecule has 5 nitrogen and oxygen atoms in total. The van der Waals surface area contributed by atoms with E-state index in [1.807, 2.05) is 0 Å². The molecule has 0 unspecified atom stereocenters.